The molecule has 2 aromatic rings. The molecule has 0 aliphatic heterocycles. The van der Waals surface area contributed by atoms with E-state index in [2.05, 4.69) is 15.5 Å². The number of fused-ring (bicyclic) bond motifs is 1. The zero-order valence-electron chi connectivity index (χ0n) is 9.08. The number of nitrogens with zero attached hydrogens (tertiary/aromatic N) is 1. The van der Waals surface area contributed by atoms with E-state index in [-0.39, 0.29) is 5.91 Å². The summed E-state index contributed by atoms with van der Waals surface area (Å²) < 4.78 is 0. The van der Waals surface area contributed by atoms with E-state index in [0.29, 0.717) is 17.9 Å². The van der Waals surface area contributed by atoms with Crippen molar-refractivity contribution >= 4 is 22.5 Å². The predicted molar refractivity (Wildman–Crippen MR) is 63.1 cm³/mol. The molecule has 0 unspecified atom stereocenters. The van der Waals surface area contributed by atoms with Crippen molar-refractivity contribution < 1.29 is 4.79 Å². The molecule has 5 heteroatoms. The molecule has 0 saturated heterocycles. The molecule has 0 atom stereocenters. The Morgan fingerprint density at radius 2 is 2.38 bits per heavy atom. The van der Waals surface area contributed by atoms with Crippen molar-refractivity contribution in [3.05, 3.63) is 23.9 Å². The summed E-state index contributed by atoms with van der Waals surface area (Å²) in [6.45, 7) is 2.65. The molecule has 5 nitrogen and oxygen atoms in total. The van der Waals surface area contributed by atoms with Crippen molar-refractivity contribution in [3.8, 4) is 0 Å². The minimum Gasteiger partial charge on any atom is -0.399 e. The topological polar surface area (TPSA) is 83.8 Å². The Bertz CT molecular complexity index is 518. The Morgan fingerprint density at radius 1 is 1.56 bits per heavy atom. The summed E-state index contributed by atoms with van der Waals surface area (Å²) in [5, 5.41) is 10.3. The number of hydrogen-bond acceptors (Lipinski definition) is 3. The summed E-state index contributed by atoms with van der Waals surface area (Å²) in [4.78, 5) is 11.8. The summed E-state index contributed by atoms with van der Waals surface area (Å²) in [6, 6.07) is 5.34. The fourth-order valence-corrected chi connectivity index (χ4v) is 1.53. The van der Waals surface area contributed by atoms with E-state index in [1.807, 2.05) is 13.0 Å². The molecule has 0 saturated carbocycles. The molecule has 4 N–H and O–H groups in total. The lowest BCUT2D eigenvalue weighted by molar-refractivity contribution is 0.0950. The van der Waals surface area contributed by atoms with Crippen LogP contribution < -0.4 is 11.1 Å². The first-order valence-corrected chi connectivity index (χ1v) is 5.24. The highest BCUT2D eigenvalue weighted by molar-refractivity contribution is 6.05. The SMILES string of the molecule is CCCNC(=O)c1n[nH]c2ccc(N)cc12. The van der Waals surface area contributed by atoms with E-state index in [4.69, 9.17) is 5.73 Å². The van der Waals surface area contributed by atoms with Gasteiger partial charge in [-0.25, -0.2) is 0 Å². The molecule has 0 bridgehead atoms. The van der Waals surface area contributed by atoms with Gasteiger partial charge in [0.15, 0.2) is 5.69 Å². The van der Waals surface area contributed by atoms with Crippen LogP contribution in [-0.4, -0.2) is 22.6 Å². The van der Waals surface area contributed by atoms with E-state index in [1.54, 1.807) is 12.1 Å². The van der Waals surface area contributed by atoms with Crippen LogP contribution in [0.25, 0.3) is 10.9 Å². The summed E-state index contributed by atoms with van der Waals surface area (Å²) in [6.07, 6.45) is 0.899. The highest BCUT2D eigenvalue weighted by atomic mass is 16.1. The summed E-state index contributed by atoms with van der Waals surface area (Å²) >= 11 is 0. The smallest absolute Gasteiger partial charge is 0.272 e. The quantitative estimate of drug-likeness (QED) is 0.678. The highest BCUT2D eigenvalue weighted by Gasteiger charge is 2.13. The molecule has 0 fully saturated rings. The van der Waals surface area contributed by atoms with E-state index in [9.17, 15) is 4.79 Å². The lowest BCUT2D eigenvalue weighted by atomic mass is 10.2. The zero-order valence-corrected chi connectivity index (χ0v) is 9.08. The molecule has 0 aliphatic carbocycles. The second kappa shape index (κ2) is 4.22. The number of carbonyl (C=O) groups excluding carboxylic acids is 1. The van der Waals surface area contributed by atoms with Crippen molar-refractivity contribution in [3.63, 3.8) is 0 Å². The Kier molecular flexibility index (Phi) is 2.76. The Hall–Kier alpha value is -2.04. The molecule has 1 aromatic carbocycles. The number of aromatic amines is 1. The predicted octanol–water partition coefficient (Wildman–Crippen LogP) is 1.28. The van der Waals surface area contributed by atoms with Gasteiger partial charge in [-0.15, -0.1) is 0 Å². The molecule has 84 valence electrons. The van der Waals surface area contributed by atoms with Crippen LogP contribution in [-0.2, 0) is 0 Å². The lowest BCUT2D eigenvalue weighted by Crippen LogP contribution is -2.24. The van der Waals surface area contributed by atoms with Gasteiger partial charge < -0.3 is 11.1 Å². The van der Waals surface area contributed by atoms with E-state index < -0.39 is 0 Å². The van der Waals surface area contributed by atoms with Gasteiger partial charge in [0.2, 0.25) is 0 Å². The maximum Gasteiger partial charge on any atom is 0.272 e. The maximum absolute atomic E-state index is 11.8. The minimum absolute atomic E-state index is 0.168. The number of hydrogen-bond donors (Lipinski definition) is 3. The third kappa shape index (κ3) is 1.84. The van der Waals surface area contributed by atoms with Crippen LogP contribution in [0.3, 0.4) is 0 Å². The largest absolute Gasteiger partial charge is 0.399 e. The van der Waals surface area contributed by atoms with E-state index >= 15 is 0 Å². The fourth-order valence-electron chi connectivity index (χ4n) is 1.53. The number of rotatable bonds is 3. The molecule has 0 spiro atoms. The molecule has 0 aliphatic rings. The van der Waals surface area contributed by atoms with Crippen molar-refractivity contribution in [2.75, 3.05) is 12.3 Å². The van der Waals surface area contributed by atoms with Crippen LogP contribution in [0.4, 0.5) is 5.69 Å². The molecule has 1 heterocycles. The molecule has 1 amide bonds. The van der Waals surface area contributed by atoms with Gasteiger partial charge in [-0.3, -0.25) is 9.89 Å². The third-order valence-electron chi connectivity index (χ3n) is 2.34. The number of nitrogen functional groups attached to an aromatic ring is 1. The van der Waals surface area contributed by atoms with Gasteiger partial charge in [0.25, 0.3) is 5.91 Å². The van der Waals surface area contributed by atoms with Crippen LogP contribution in [0.1, 0.15) is 23.8 Å². The second-order valence-electron chi connectivity index (χ2n) is 3.63. The van der Waals surface area contributed by atoms with Crippen molar-refractivity contribution in [1.29, 1.82) is 0 Å². The number of aromatic nitrogens is 2. The molecular weight excluding hydrogens is 204 g/mol. The van der Waals surface area contributed by atoms with Crippen molar-refractivity contribution in [1.82, 2.24) is 15.5 Å². The van der Waals surface area contributed by atoms with Crippen LogP contribution >= 0.6 is 0 Å². The summed E-state index contributed by atoms with van der Waals surface area (Å²) in [5.74, 6) is -0.168. The zero-order chi connectivity index (χ0) is 11.5. The first-order chi connectivity index (χ1) is 7.72. The van der Waals surface area contributed by atoms with Gasteiger partial charge in [0.1, 0.15) is 0 Å². The Morgan fingerprint density at radius 3 is 3.12 bits per heavy atom. The van der Waals surface area contributed by atoms with Gasteiger partial charge in [0.05, 0.1) is 5.52 Å². The average molecular weight is 218 g/mol. The van der Waals surface area contributed by atoms with E-state index in [0.717, 1.165) is 17.3 Å². The monoisotopic (exact) mass is 218 g/mol. The lowest BCUT2D eigenvalue weighted by Gasteiger charge is -2.00. The number of H-pyrrole nitrogens is 1. The summed E-state index contributed by atoms with van der Waals surface area (Å²) in [7, 11) is 0. The molecule has 1 aromatic heterocycles. The molecule has 2 rings (SSSR count). The number of amides is 1. The van der Waals surface area contributed by atoms with Crippen LogP contribution in [0.5, 0.6) is 0 Å². The van der Waals surface area contributed by atoms with Gasteiger partial charge in [-0.05, 0) is 24.6 Å². The highest BCUT2D eigenvalue weighted by Crippen LogP contribution is 2.18. The van der Waals surface area contributed by atoms with Gasteiger partial charge >= 0.3 is 0 Å². The first-order valence-electron chi connectivity index (χ1n) is 5.24. The van der Waals surface area contributed by atoms with Crippen LogP contribution in [0, 0.1) is 0 Å². The number of nitrogens with one attached hydrogen (secondary N) is 2. The maximum atomic E-state index is 11.8. The summed E-state index contributed by atoms with van der Waals surface area (Å²) in [5.41, 5.74) is 7.52. The third-order valence-corrected chi connectivity index (χ3v) is 2.34. The fraction of sp³-hybridized carbons (Fsp3) is 0.273. The first kappa shape index (κ1) is 10.5. The second-order valence-corrected chi connectivity index (χ2v) is 3.63. The Balaban J connectivity index is 2.37. The van der Waals surface area contributed by atoms with Crippen LogP contribution in [0.2, 0.25) is 0 Å². The Labute approximate surface area is 93.0 Å². The normalized spacial score (nSPS) is 10.6. The van der Waals surface area contributed by atoms with E-state index in [1.165, 1.54) is 0 Å². The minimum atomic E-state index is -0.168. The van der Waals surface area contributed by atoms with Crippen LogP contribution in [0.15, 0.2) is 18.2 Å². The van der Waals surface area contributed by atoms with Gasteiger partial charge in [0, 0.05) is 17.6 Å². The van der Waals surface area contributed by atoms with Crippen molar-refractivity contribution in [2.45, 2.75) is 13.3 Å². The van der Waals surface area contributed by atoms with Gasteiger partial charge in [-0.1, -0.05) is 6.92 Å². The number of nitrogens with two attached hydrogens (primary N) is 1. The number of carbonyl (C=O) groups is 1. The number of anilines is 1. The molecule has 16 heavy (non-hydrogen) atoms. The van der Waals surface area contributed by atoms with Gasteiger partial charge in [-0.2, -0.15) is 5.10 Å². The number of benzene rings is 1. The molecular formula is C11H14N4O. The standard InChI is InChI=1S/C11H14N4O/c1-2-5-13-11(16)10-8-6-7(12)3-4-9(8)14-15-10/h3-4,6H,2,5,12H2,1H3,(H,13,16)(H,14,15). The average Bonchev–Trinajstić information content (AvgIpc) is 2.68. The molecule has 0 radical (unpaired) electrons. The van der Waals surface area contributed by atoms with Crippen molar-refractivity contribution in [2.24, 2.45) is 0 Å².